The predicted octanol–water partition coefficient (Wildman–Crippen LogP) is 4.06. The topological polar surface area (TPSA) is 115 Å². The first-order chi connectivity index (χ1) is 18.9. The molecule has 2 N–H and O–H groups in total. The zero-order valence-corrected chi connectivity index (χ0v) is 22.0. The van der Waals surface area contributed by atoms with Crippen LogP contribution < -0.4 is 11.3 Å². The van der Waals surface area contributed by atoms with Gasteiger partial charge in [0, 0.05) is 17.7 Å². The largest absolute Gasteiger partial charge is 0.393 e. The second-order valence-electron chi connectivity index (χ2n) is 9.46. The number of hydrogen-bond donors (Lipinski definition) is 1. The minimum atomic E-state index is -0.629. The Bertz CT molecular complexity index is 1470. The molecule has 0 radical (unpaired) electrons. The molecule has 0 unspecified atom stereocenters. The maximum atomic E-state index is 13.8. The van der Waals surface area contributed by atoms with E-state index < -0.39 is 17.1 Å². The number of nitrogen functional groups attached to an aromatic ring is 1. The normalized spacial score (nSPS) is 13.2. The van der Waals surface area contributed by atoms with E-state index in [2.05, 4.69) is 11.9 Å². The number of aromatic nitrogens is 2. The van der Waals surface area contributed by atoms with Gasteiger partial charge in [0.2, 0.25) is 17.5 Å². The summed E-state index contributed by atoms with van der Waals surface area (Å²) < 4.78 is 1.27. The second kappa shape index (κ2) is 12.8. The van der Waals surface area contributed by atoms with E-state index in [4.69, 9.17) is 5.73 Å². The third-order valence-corrected chi connectivity index (χ3v) is 6.69. The van der Waals surface area contributed by atoms with Gasteiger partial charge >= 0.3 is 0 Å². The van der Waals surface area contributed by atoms with Gasteiger partial charge < -0.3 is 10.6 Å². The number of unbranched alkanes of at least 4 members (excludes halogenated alkanes) is 3. The molecule has 0 fully saturated rings. The van der Waals surface area contributed by atoms with Crippen molar-refractivity contribution >= 4 is 28.7 Å². The van der Waals surface area contributed by atoms with Crippen LogP contribution in [-0.2, 0) is 20.9 Å². The molecule has 1 aliphatic carbocycles. The van der Waals surface area contributed by atoms with Crippen LogP contribution >= 0.6 is 0 Å². The Kier molecular flexibility index (Phi) is 8.99. The Morgan fingerprint density at radius 2 is 1.56 bits per heavy atom. The molecule has 0 saturated carbocycles. The summed E-state index contributed by atoms with van der Waals surface area (Å²) in [6, 6.07) is 18.4. The van der Waals surface area contributed by atoms with Crippen LogP contribution in [0.25, 0.3) is 17.0 Å². The van der Waals surface area contributed by atoms with Crippen molar-refractivity contribution in [2.45, 2.75) is 39.2 Å². The van der Waals surface area contributed by atoms with Crippen molar-refractivity contribution in [3.8, 4) is 11.4 Å². The monoisotopic (exact) mass is 524 g/mol. The SMILES string of the molecule is CCCCCCN(CC1=C(c2ccccc2)C=CC(=O)C1=O)C(=O)Cn1c(-c2ccccc2)ncc(N)c1=O. The average molecular weight is 525 g/mol. The highest BCUT2D eigenvalue weighted by Gasteiger charge is 2.28. The van der Waals surface area contributed by atoms with Crippen molar-refractivity contribution in [1.82, 2.24) is 14.5 Å². The third-order valence-electron chi connectivity index (χ3n) is 6.69. The first-order valence-electron chi connectivity index (χ1n) is 13.1. The highest BCUT2D eigenvalue weighted by molar-refractivity contribution is 6.50. The maximum absolute atomic E-state index is 13.8. The number of amides is 1. The standard InChI is InChI=1S/C31H32N4O4/c1-2-3-4-11-18-34(20-25-24(16-17-27(36)29(25)38)22-12-7-5-8-13-22)28(37)21-35-30(23-14-9-6-10-15-23)33-19-26(32)31(35)39/h5-10,12-17,19H,2-4,11,18,20-21,32H2,1H3. The third kappa shape index (κ3) is 6.46. The number of hydrogen-bond acceptors (Lipinski definition) is 6. The number of allylic oxidation sites excluding steroid dienone is 3. The van der Waals surface area contributed by atoms with Gasteiger partial charge in [0.1, 0.15) is 18.1 Å². The van der Waals surface area contributed by atoms with Gasteiger partial charge in [-0.25, -0.2) is 4.98 Å². The highest BCUT2D eigenvalue weighted by atomic mass is 16.2. The summed E-state index contributed by atoms with van der Waals surface area (Å²) >= 11 is 0. The van der Waals surface area contributed by atoms with Gasteiger partial charge in [-0.15, -0.1) is 0 Å². The Morgan fingerprint density at radius 3 is 2.23 bits per heavy atom. The van der Waals surface area contributed by atoms with Gasteiger partial charge in [0.15, 0.2) is 0 Å². The molecule has 0 spiro atoms. The van der Waals surface area contributed by atoms with E-state index in [-0.39, 0.29) is 30.3 Å². The van der Waals surface area contributed by atoms with Gasteiger partial charge in [0.05, 0.1) is 12.7 Å². The Hall–Kier alpha value is -4.59. The molecule has 200 valence electrons. The van der Waals surface area contributed by atoms with Crippen molar-refractivity contribution in [3.63, 3.8) is 0 Å². The lowest BCUT2D eigenvalue weighted by Crippen LogP contribution is -2.41. The van der Waals surface area contributed by atoms with Crippen LogP contribution in [0.15, 0.2) is 89.4 Å². The molecule has 8 heteroatoms. The minimum absolute atomic E-state index is 0.0464. The Labute approximate surface area is 227 Å². The lowest BCUT2D eigenvalue weighted by atomic mass is 9.90. The van der Waals surface area contributed by atoms with Crippen LogP contribution in [0.2, 0.25) is 0 Å². The van der Waals surface area contributed by atoms with Crippen LogP contribution in [0.3, 0.4) is 0 Å². The number of benzene rings is 2. The number of anilines is 1. The molecule has 1 aromatic heterocycles. The summed E-state index contributed by atoms with van der Waals surface area (Å²) in [5.41, 5.74) is 7.63. The number of nitrogens with zero attached hydrogens (tertiary/aromatic N) is 3. The molecule has 0 bridgehead atoms. The van der Waals surface area contributed by atoms with Crippen molar-refractivity contribution in [2.24, 2.45) is 0 Å². The van der Waals surface area contributed by atoms with Gasteiger partial charge in [-0.3, -0.25) is 23.7 Å². The van der Waals surface area contributed by atoms with Gasteiger partial charge in [-0.2, -0.15) is 0 Å². The molecule has 1 aliphatic rings. The molecule has 0 aliphatic heterocycles. The van der Waals surface area contributed by atoms with Crippen molar-refractivity contribution in [1.29, 1.82) is 0 Å². The molecular weight excluding hydrogens is 492 g/mol. The van der Waals surface area contributed by atoms with Crippen molar-refractivity contribution < 1.29 is 14.4 Å². The first kappa shape index (κ1) is 27.4. The van der Waals surface area contributed by atoms with Crippen LogP contribution in [0, 0.1) is 0 Å². The fourth-order valence-corrected chi connectivity index (χ4v) is 4.57. The molecule has 1 heterocycles. The molecule has 8 nitrogen and oxygen atoms in total. The van der Waals surface area contributed by atoms with E-state index in [9.17, 15) is 19.2 Å². The van der Waals surface area contributed by atoms with Crippen LogP contribution in [0.4, 0.5) is 5.69 Å². The Morgan fingerprint density at radius 1 is 0.897 bits per heavy atom. The zero-order valence-electron chi connectivity index (χ0n) is 22.0. The van der Waals surface area contributed by atoms with E-state index >= 15 is 0 Å². The number of ketones is 2. The minimum Gasteiger partial charge on any atom is -0.393 e. The average Bonchev–Trinajstić information content (AvgIpc) is 2.96. The van der Waals surface area contributed by atoms with Crippen molar-refractivity contribution in [3.05, 3.63) is 101 Å². The first-order valence-corrected chi connectivity index (χ1v) is 13.1. The van der Waals surface area contributed by atoms with Gasteiger partial charge in [-0.1, -0.05) is 86.8 Å². The lowest BCUT2D eigenvalue weighted by molar-refractivity contribution is -0.133. The summed E-state index contributed by atoms with van der Waals surface area (Å²) in [7, 11) is 0. The zero-order chi connectivity index (χ0) is 27.8. The molecule has 0 saturated heterocycles. The lowest BCUT2D eigenvalue weighted by Gasteiger charge is -2.26. The molecule has 39 heavy (non-hydrogen) atoms. The van der Waals surface area contributed by atoms with Gasteiger partial charge in [-0.05, 0) is 29.7 Å². The van der Waals surface area contributed by atoms with Gasteiger partial charge in [0.25, 0.3) is 5.56 Å². The van der Waals surface area contributed by atoms with Crippen LogP contribution in [0.1, 0.15) is 38.2 Å². The van der Waals surface area contributed by atoms with E-state index in [0.29, 0.717) is 23.5 Å². The molecule has 1 amide bonds. The fraction of sp³-hybridized carbons (Fsp3) is 0.258. The smallest absolute Gasteiger partial charge is 0.277 e. The molecular formula is C31H32N4O4. The van der Waals surface area contributed by atoms with Crippen LogP contribution in [-0.4, -0.2) is 45.0 Å². The number of rotatable bonds is 11. The summed E-state index contributed by atoms with van der Waals surface area (Å²) in [6.45, 7) is 2.12. The number of Topliss-reactive ketones (excluding diaryl/α,β-unsaturated/α-hetero) is 1. The summed E-state index contributed by atoms with van der Waals surface area (Å²) in [6.07, 6.45) is 7.87. The number of carbonyl (C=O) groups excluding carboxylic acids is 3. The summed E-state index contributed by atoms with van der Waals surface area (Å²) in [5.74, 6) is -1.29. The summed E-state index contributed by atoms with van der Waals surface area (Å²) in [5, 5.41) is 0. The second-order valence-corrected chi connectivity index (χ2v) is 9.46. The van der Waals surface area contributed by atoms with E-state index in [0.717, 1.165) is 31.2 Å². The molecule has 0 atom stereocenters. The molecule has 3 aromatic rings. The summed E-state index contributed by atoms with van der Waals surface area (Å²) in [4.78, 5) is 58.2. The number of carbonyl (C=O) groups is 3. The Balaban J connectivity index is 1.71. The quantitative estimate of drug-likeness (QED) is 0.230. The number of nitrogens with two attached hydrogens (primary N) is 1. The van der Waals surface area contributed by atoms with E-state index in [1.807, 2.05) is 48.5 Å². The highest BCUT2D eigenvalue weighted by Crippen LogP contribution is 2.26. The maximum Gasteiger partial charge on any atom is 0.277 e. The predicted molar refractivity (Wildman–Crippen MR) is 152 cm³/mol. The fourth-order valence-electron chi connectivity index (χ4n) is 4.57. The van der Waals surface area contributed by atoms with Crippen molar-refractivity contribution in [2.75, 3.05) is 18.8 Å². The van der Waals surface area contributed by atoms with Crippen LogP contribution in [0.5, 0.6) is 0 Å². The molecule has 2 aromatic carbocycles. The van der Waals surface area contributed by atoms with E-state index in [1.54, 1.807) is 23.1 Å². The molecule has 4 rings (SSSR count). The van der Waals surface area contributed by atoms with E-state index in [1.165, 1.54) is 16.8 Å².